The van der Waals surface area contributed by atoms with Crippen LogP contribution in [0.5, 0.6) is 5.75 Å². The maximum atomic E-state index is 10.0. The van der Waals surface area contributed by atoms with Gasteiger partial charge >= 0.3 is 0 Å². The van der Waals surface area contributed by atoms with Crippen molar-refractivity contribution in [3.63, 3.8) is 0 Å². The molecule has 1 fully saturated rings. The summed E-state index contributed by atoms with van der Waals surface area (Å²) in [4.78, 5) is 0. The van der Waals surface area contributed by atoms with E-state index >= 15 is 0 Å². The van der Waals surface area contributed by atoms with Crippen molar-refractivity contribution in [1.82, 2.24) is 0 Å². The Balaban J connectivity index is 1.79. The summed E-state index contributed by atoms with van der Waals surface area (Å²) in [6.45, 7) is 8.73. The van der Waals surface area contributed by atoms with Crippen LogP contribution in [0.3, 0.4) is 0 Å². The fourth-order valence-electron chi connectivity index (χ4n) is 4.67. The normalized spacial score (nSPS) is 31.0. The van der Waals surface area contributed by atoms with Gasteiger partial charge in [0, 0.05) is 41.7 Å². The first-order valence-corrected chi connectivity index (χ1v) is 8.88. The lowest BCUT2D eigenvalue weighted by Crippen LogP contribution is -2.54. The number of fused-ring (bicyclic) bond motifs is 2. The summed E-state index contributed by atoms with van der Waals surface area (Å²) >= 11 is 0. The molecule has 1 atom stereocenters. The SMILES string of the molecule is CC1(C)CC2(CC(C)(C)c3ccccc3O2)OC2=CC(O)(O)CC=C21. The van der Waals surface area contributed by atoms with E-state index in [-0.39, 0.29) is 17.3 Å². The minimum atomic E-state index is -1.87. The first kappa shape index (κ1) is 16.7. The second-order valence-electron chi connectivity index (χ2n) is 8.94. The summed E-state index contributed by atoms with van der Waals surface area (Å²) in [5.41, 5.74) is 1.93. The van der Waals surface area contributed by atoms with E-state index in [9.17, 15) is 10.2 Å². The summed E-state index contributed by atoms with van der Waals surface area (Å²) < 4.78 is 12.7. The van der Waals surface area contributed by atoms with Crippen LogP contribution in [-0.2, 0) is 10.2 Å². The highest BCUT2D eigenvalue weighted by atomic mass is 16.7. The number of aliphatic hydroxyl groups is 2. The Morgan fingerprint density at radius 1 is 0.920 bits per heavy atom. The lowest BCUT2D eigenvalue weighted by molar-refractivity contribution is -0.212. The molecule has 0 bridgehead atoms. The molecule has 0 radical (unpaired) electrons. The average Bonchev–Trinajstić information content (AvgIpc) is 2.43. The van der Waals surface area contributed by atoms with Gasteiger partial charge in [-0.05, 0) is 11.6 Å². The number of ether oxygens (including phenoxy) is 2. The highest BCUT2D eigenvalue weighted by molar-refractivity contribution is 5.44. The molecule has 2 N–H and O–H groups in total. The molecule has 1 aromatic rings. The van der Waals surface area contributed by atoms with Crippen LogP contribution in [0.1, 0.15) is 52.5 Å². The van der Waals surface area contributed by atoms with Crippen LogP contribution in [-0.4, -0.2) is 21.8 Å². The number of para-hydroxylation sites is 1. The Hall–Kier alpha value is -1.78. The smallest absolute Gasteiger partial charge is 0.252 e. The van der Waals surface area contributed by atoms with Gasteiger partial charge in [0.1, 0.15) is 11.5 Å². The Kier molecular flexibility index (Phi) is 3.26. The molecule has 134 valence electrons. The highest BCUT2D eigenvalue weighted by Gasteiger charge is 2.55. The minimum Gasteiger partial charge on any atom is -0.452 e. The molecule has 4 nitrogen and oxygen atoms in total. The van der Waals surface area contributed by atoms with Gasteiger partial charge in [-0.15, -0.1) is 0 Å². The van der Waals surface area contributed by atoms with Gasteiger partial charge < -0.3 is 19.7 Å². The van der Waals surface area contributed by atoms with E-state index < -0.39 is 11.6 Å². The number of rotatable bonds is 0. The number of benzene rings is 1. The molecular formula is C21H26O4. The molecule has 25 heavy (non-hydrogen) atoms. The monoisotopic (exact) mass is 342 g/mol. The van der Waals surface area contributed by atoms with Crippen LogP contribution >= 0.6 is 0 Å². The van der Waals surface area contributed by atoms with Crippen LogP contribution in [0.2, 0.25) is 0 Å². The molecule has 0 aromatic heterocycles. The van der Waals surface area contributed by atoms with Crippen molar-refractivity contribution in [2.45, 2.75) is 63.9 Å². The molecule has 0 amide bonds. The summed E-state index contributed by atoms with van der Waals surface area (Å²) in [6, 6.07) is 8.09. The minimum absolute atomic E-state index is 0.100. The van der Waals surface area contributed by atoms with E-state index in [1.165, 1.54) is 11.6 Å². The van der Waals surface area contributed by atoms with Crippen molar-refractivity contribution in [3.8, 4) is 5.75 Å². The first-order valence-electron chi connectivity index (χ1n) is 8.88. The predicted molar refractivity (Wildman–Crippen MR) is 94.9 cm³/mol. The van der Waals surface area contributed by atoms with Gasteiger partial charge in [-0.3, -0.25) is 0 Å². The quantitative estimate of drug-likeness (QED) is 0.705. The molecule has 4 rings (SSSR count). The molecule has 3 aliphatic rings. The van der Waals surface area contributed by atoms with E-state index in [1.54, 1.807) is 0 Å². The molecule has 1 saturated heterocycles. The lowest BCUT2D eigenvalue weighted by Gasteiger charge is -2.53. The summed E-state index contributed by atoms with van der Waals surface area (Å²) in [7, 11) is 0. The zero-order valence-electron chi connectivity index (χ0n) is 15.3. The van der Waals surface area contributed by atoms with Crippen molar-refractivity contribution >= 4 is 0 Å². The third-order valence-electron chi connectivity index (χ3n) is 5.59. The molecule has 4 heteroatoms. The van der Waals surface area contributed by atoms with Crippen molar-refractivity contribution in [1.29, 1.82) is 0 Å². The van der Waals surface area contributed by atoms with Crippen LogP contribution in [0.25, 0.3) is 0 Å². The van der Waals surface area contributed by atoms with Gasteiger partial charge in [-0.2, -0.15) is 0 Å². The van der Waals surface area contributed by atoms with Gasteiger partial charge in [-0.25, -0.2) is 0 Å². The topological polar surface area (TPSA) is 58.9 Å². The van der Waals surface area contributed by atoms with Crippen molar-refractivity contribution < 1.29 is 19.7 Å². The van der Waals surface area contributed by atoms with Crippen LogP contribution < -0.4 is 4.74 Å². The van der Waals surface area contributed by atoms with E-state index in [0.717, 1.165) is 11.3 Å². The van der Waals surface area contributed by atoms with E-state index in [1.807, 2.05) is 24.3 Å². The highest BCUT2D eigenvalue weighted by Crippen LogP contribution is 2.56. The molecule has 0 saturated carbocycles. The Morgan fingerprint density at radius 2 is 1.60 bits per heavy atom. The van der Waals surface area contributed by atoms with Crippen LogP contribution in [0.4, 0.5) is 0 Å². The third-order valence-corrected chi connectivity index (χ3v) is 5.59. The number of allylic oxidation sites excluding steroid dienone is 1. The summed E-state index contributed by atoms with van der Waals surface area (Å²) in [5, 5.41) is 20.1. The van der Waals surface area contributed by atoms with Crippen molar-refractivity contribution in [3.05, 3.63) is 53.3 Å². The lowest BCUT2D eigenvalue weighted by atomic mass is 9.67. The summed E-state index contributed by atoms with van der Waals surface area (Å²) in [6.07, 6.45) is 4.90. The van der Waals surface area contributed by atoms with Gasteiger partial charge in [0.05, 0.1) is 0 Å². The van der Waals surface area contributed by atoms with Crippen LogP contribution in [0, 0.1) is 5.41 Å². The molecule has 1 aliphatic carbocycles. The molecule has 1 aromatic carbocycles. The van der Waals surface area contributed by atoms with Gasteiger partial charge in [0.25, 0.3) is 5.79 Å². The average molecular weight is 342 g/mol. The molecule has 1 unspecified atom stereocenters. The zero-order chi connectivity index (χ0) is 18.1. The maximum Gasteiger partial charge on any atom is 0.252 e. The fourth-order valence-corrected chi connectivity index (χ4v) is 4.67. The van der Waals surface area contributed by atoms with Crippen molar-refractivity contribution in [2.75, 3.05) is 0 Å². The zero-order valence-corrected chi connectivity index (χ0v) is 15.3. The molecule has 1 spiro atoms. The standard InChI is InChI=1S/C21H26O4/c1-18(2)12-21(24-16-8-6-5-7-14(16)18)13-19(3,4)15-9-10-20(22,23)11-17(15)25-21/h5-9,11,22-23H,10,12-13H2,1-4H3. The largest absolute Gasteiger partial charge is 0.452 e. The molecule has 2 heterocycles. The second kappa shape index (κ2) is 4.89. The molecular weight excluding hydrogens is 316 g/mol. The van der Waals surface area contributed by atoms with E-state index in [0.29, 0.717) is 18.6 Å². The number of hydrogen-bond acceptors (Lipinski definition) is 4. The second-order valence-corrected chi connectivity index (χ2v) is 8.94. The maximum absolute atomic E-state index is 10.0. The predicted octanol–water partition coefficient (Wildman–Crippen LogP) is 3.78. The van der Waals surface area contributed by atoms with Crippen LogP contribution in [0.15, 0.2) is 47.7 Å². The van der Waals surface area contributed by atoms with Crippen molar-refractivity contribution in [2.24, 2.45) is 5.41 Å². The first-order chi connectivity index (χ1) is 11.5. The summed E-state index contributed by atoms with van der Waals surface area (Å²) in [5.74, 6) is -1.30. The Bertz CT molecular complexity index is 785. The van der Waals surface area contributed by atoms with Gasteiger partial charge in [-0.1, -0.05) is 52.0 Å². The number of hydrogen-bond donors (Lipinski definition) is 2. The Labute approximate surface area is 148 Å². The third kappa shape index (κ3) is 2.68. The van der Waals surface area contributed by atoms with Gasteiger partial charge in [0.2, 0.25) is 0 Å². The fraction of sp³-hybridized carbons (Fsp3) is 0.524. The van der Waals surface area contributed by atoms with E-state index in [4.69, 9.17) is 9.47 Å². The Morgan fingerprint density at radius 3 is 2.36 bits per heavy atom. The van der Waals surface area contributed by atoms with E-state index in [2.05, 4.69) is 33.8 Å². The van der Waals surface area contributed by atoms with Gasteiger partial charge in [0.15, 0.2) is 5.79 Å². The molecule has 2 aliphatic heterocycles.